The molecule has 0 fully saturated rings. The summed E-state index contributed by atoms with van der Waals surface area (Å²) < 4.78 is 1.63. The van der Waals surface area contributed by atoms with Crippen LogP contribution in [0.1, 0.15) is 33.8 Å². The minimum atomic E-state index is -0.313. The largest absolute Gasteiger partial charge is 0.347 e. The monoisotopic (exact) mass is 333 g/mol. The molecular weight excluding hydrogens is 310 g/mol. The topological polar surface area (TPSA) is 54.3 Å². The summed E-state index contributed by atoms with van der Waals surface area (Å²) in [4.78, 5) is 28.2. The summed E-state index contributed by atoms with van der Waals surface area (Å²) in [5.41, 5.74) is 0.699. The van der Waals surface area contributed by atoms with Gasteiger partial charge in [0, 0.05) is 23.7 Å². The summed E-state index contributed by atoms with van der Waals surface area (Å²) >= 11 is 1.58. The van der Waals surface area contributed by atoms with Crippen molar-refractivity contribution in [2.45, 2.75) is 26.4 Å². The average molecular weight is 333 g/mol. The molecule has 0 saturated carbocycles. The van der Waals surface area contributed by atoms with Crippen LogP contribution in [0.4, 0.5) is 0 Å². The third-order valence-corrected chi connectivity index (χ3v) is 4.54. The standard InChI is InChI=1S/C17H23N3O2S/c1-12-7-8-20(13(2)11-19(3)4)17(22)15(12)16(21)18-10-14-6-5-9-23-14/h5-9,13H,10-11H2,1-4H3,(H,18,21). The van der Waals surface area contributed by atoms with Crippen LogP contribution in [0.2, 0.25) is 0 Å². The van der Waals surface area contributed by atoms with E-state index in [9.17, 15) is 9.59 Å². The lowest BCUT2D eigenvalue weighted by molar-refractivity contribution is 0.0948. The molecule has 5 nitrogen and oxygen atoms in total. The summed E-state index contributed by atoms with van der Waals surface area (Å²) in [6.07, 6.45) is 1.77. The minimum Gasteiger partial charge on any atom is -0.347 e. The first-order valence-electron chi connectivity index (χ1n) is 7.57. The van der Waals surface area contributed by atoms with Gasteiger partial charge in [0.25, 0.3) is 11.5 Å². The van der Waals surface area contributed by atoms with E-state index in [4.69, 9.17) is 0 Å². The van der Waals surface area contributed by atoms with E-state index >= 15 is 0 Å². The van der Waals surface area contributed by atoms with E-state index in [1.807, 2.05) is 49.5 Å². The van der Waals surface area contributed by atoms with Crippen LogP contribution in [0.5, 0.6) is 0 Å². The van der Waals surface area contributed by atoms with Gasteiger partial charge in [0.15, 0.2) is 0 Å². The fraction of sp³-hybridized carbons (Fsp3) is 0.412. The molecule has 0 aliphatic carbocycles. The number of amides is 1. The van der Waals surface area contributed by atoms with Gasteiger partial charge in [0.05, 0.1) is 6.54 Å². The van der Waals surface area contributed by atoms with E-state index in [0.29, 0.717) is 12.1 Å². The zero-order valence-corrected chi connectivity index (χ0v) is 14.8. The number of carbonyl (C=O) groups excluding carboxylic acids is 1. The number of hydrogen-bond donors (Lipinski definition) is 1. The normalized spacial score (nSPS) is 12.4. The van der Waals surface area contributed by atoms with Gasteiger partial charge in [-0.15, -0.1) is 11.3 Å². The fourth-order valence-corrected chi connectivity index (χ4v) is 3.19. The summed E-state index contributed by atoms with van der Waals surface area (Å²) in [5.74, 6) is -0.313. The highest BCUT2D eigenvalue weighted by Crippen LogP contribution is 2.10. The second-order valence-corrected chi connectivity index (χ2v) is 6.99. The maximum Gasteiger partial charge on any atom is 0.263 e. The average Bonchev–Trinajstić information content (AvgIpc) is 2.97. The van der Waals surface area contributed by atoms with Crippen molar-refractivity contribution in [3.05, 3.63) is 56.1 Å². The van der Waals surface area contributed by atoms with Gasteiger partial charge in [-0.2, -0.15) is 0 Å². The lowest BCUT2D eigenvalue weighted by Crippen LogP contribution is -2.36. The molecular formula is C17H23N3O2S. The molecule has 0 bridgehead atoms. The first-order chi connectivity index (χ1) is 10.9. The van der Waals surface area contributed by atoms with Crippen molar-refractivity contribution in [1.29, 1.82) is 0 Å². The Kier molecular flexibility index (Phi) is 5.74. The lowest BCUT2D eigenvalue weighted by atomic mass is 10.1. The van der Waals surface area contributed by atoms with E-state index in [-0.39, 0.29) is 23.1 Å². The molecule has 0 aromatic carbocycles. The molecule has 0 radical (unpaired) electrons. The van der Waals surface area contributed by atoms with Crippen molar-refractivity contribution < 1.29 is 4.79 Å². The minimum absolute atomic E-state index is 0.00180. The van der Waals surface area contributed by atoms with Crippen molar-refractivity contribution >= 4 is 17.2 Å². The SMILES string of the molecule is Cc1ccn(C(C)CN(C)C)c(=O)c1C(=O)NCc1cccs1. The van der Waals surface area contributed by atoms with Gasteiger partial charge in [-0.1, -0.05) is 6.07 Å². The second-order valence-electron chi connectivity index (χ2n) is 5.96. The molecule has 0 spiro atoms. The molecule has 2 rings (SSSR count). The number of nitrogens with zero attached hydrogens (tertiary/aromatic N) is 2. The van der Waals surface area contributed by atoms with Crippen LogP contribution in [0.15, 0.2) is 34.6 Å². The van der Waals surface area contributed by atoms with E-state index in [1.54, 1.807) is 29.0 Å². The molecule has 2 aromatic rings. The Balaban J connectivity index is 2.23. The molecule has 1 atom stereocenters. The van der Waals surface area contributed by atoms with Crippen molar-refractivity contribution in [2.75, 3.05) is 20.6 Å². The Morgan fingerprint density at radius 1 is 1.39 bits per heavy atom. The number of carbonyl (C=O) groups is 1. The van der Waals surface area contributed by atoms with Crippen LogP contribution in [0.25, 0.3) is 0 Å². The van der Waals surface area contributed by atoms with Gasteiger partial charge < -0.3 is 14.8 Å². The predicted octanol–water partition coefficient (Wildman–Crippen LogP) is 2.27. The number of nitrogens with one attached hydrogen (secondary N) is 1. The Bertz CT molecular complexity index is 720. The Labute approximate surface area is 140 Å². The number of pyridine rings is 1. The van der Waals surface area contributed by atoms with Gasteiger partial charge >= 0.3 is 0 Å². The van der Waals surface area contributed by atoms with Crippen molar-refractivity contribution in [3.63, 3.8) is 0 Å². The lowest BCUT2D eigenvalue weighted by Gasteiger charge is -2.20. The Hall–Kier alpha value is -1.92. The summed E-state index contributed by atoms with van der Waals surface area (Å²) in [7, 11) is 3.93. The second kappa shape index (κ2) is 7.57. The first kappa shape index (κ1) is 17.4. The number of aryl methyl sites for hydroxylation is 1. The van der Waals surface area contributed by atoms with Crippen LogP contribution in [-0.2, 0) is 6.54 Å². The van der Waals surface area contributed by atoms with Crippen molar-refractivity contribution in [3.8, 4) is 0 Å². The molecule has 124 valence electrons. The molecule has 0 aliphatic heterocycles. The van der Waals surface area contributed by atoms with Crippen molar-refractivity contribution in [1.82, 2.24) is 14.8 Å². The number of thiophene rings is 1. The summed E-state index contributed by atoms with van der Waals surface area (Å²) in [6.45, 7) is 4.95. The molecule has 1 amide bonds. The summed E-state index contributed by atoms with van der Waals surface area (Å²) in [5, 5.41) is 4.80. The first-order valence-corrected chi connectivity index (χ1v) is 8.45. The molecule has 0 aliphatic rings. The molecule has 6 heteroatoms. The van der Waals surface area contributed by atoms with E-state index in [2.05, 4.69) is 5.32 Å². The quantitative estimate of drug-likeness (QED) is 0.882. The highest BCUT2D eigenvalue weighted by molar-refractivity contribution is 7.09. The Morgan fingerprint density at radius 2 is 2.13 bits per heavy atom. The van der Waals surface area contributed by atoms with Gasteiger partial charge in [0.2, 0.25) is 0 Å². The Morgan fingerprint density at radius 3 is 2.74 bits per heavy atom. The van der Waals surface area contributed by atoms with Gasteiger partial charge in [-0.25, -0.2) is 0 Å². The van der Waals surface area contributed by atoms with Crippen LogP contribution in [-0.4, -0.2) is 36.0 Å². The van der Waals surface area contributed by atoms with Gasteiger partial charge in [0.1, 0.15) is 5.56 Å². The fourth-order valence-electron chi connectivity index (χ4n) is 2.55. The molecule has 2 aromatic heterocycles. The van der Waals surface area contributed by atoms with Crippen LogP contribution in [0.3, 0.4) is 0 Å². The summed E-state index contributed by atoms with van der Waals surface area (Å²) in [6, 6.07) is 5.73. The number of hydrogen-bond acceptors (Lipinski definition) is 4. The molecule has 1 unspecified atom stereocenters. The molecule has 1 N–H and O–H groups in total. The molecule has 23 heavy (non-hydrogen) atoms. The van der Waals surface area contributed by atoms with E-state index < -0.39 is 0 Å². The van der Waals surface area contributed by atoms with E-state index in [1.165, 1.54) is 0 Å². The highest BCUT2D eigenvalue weighted by atomic mass is 32.1. The van der Waals surface area contributed by atoms with Crippen LogP contribution < -0.4 is 10.9 Å². The van der Waals surface area contributed by atoms with Gasteiger partial charge in [-0.3, -0.25) is 9.59 Å². The number of rotatable bonds is 6. The van der Waals surface area contributed by atoms with Crippen LogP contribution >= 0.6 is 11.3 Å². The third kappa shape index (κ3) is 4.30. The smallest absolute Gasteiger partial charge is 0.263 e. The zero-order valence-electron chi connectivity index (χ0n) is 14.0. The molecule has 2 heterocycles. The van der Waals surface area contributed by atoms with E-state index in [0.717, 1.165) is 11.4 Å². The number of likely N-dealkylation sites (N-methyl/N-ethyl adjacent to an activating group) is 1. The van der Waals surface area contributed by atoms with Crippen LogP contribution in [0, 0.1) is 6.92 Å². The molecule has 0 saturated heterocycles. The maximum atomic E-state index is 12.7. The maximum absolute atomic E-state index is 12.7. The highest BCUT2D eigenvalue weighted by Gasteiger charge is 2.18. The number of aromatic nitrogens is 1. The zero-order chi connectivity index (χ0) is 17.0. The predicted molar refractivity (Wildman–Crippen MR) is 94.2 cm³/mol. The van der Waals surface area contributed by atoms with Crippen molar-refractivity contribution in [2.24, 2.45) is 0 Å². The van der Waals surface area contributed by atoms with Gasteiger partial charge in [-0.05, 0) is 51.0 Å². The third-order valence-electron chi connectivity index (χ3n) is 3.66.